The molecule has 0 unspecified atom stereocenters. The van der Waals surface area contributed by atoms with Gasteiger partial charge in [-0.05, 0) is 56.2 Å². The van der Waals surface area contributed by atoms with Crippen LogP contribution in [0.2, 0.25) is 0 Å². The van der Waals surface area contributed by atoms with Gasteiger partial charge in [0, 0.05) is 43.9 Å². The smallest absolute Gasteiger partial charge is 0.355 e. The zero-order valence-electron chi connectivity index (χ0n) is 19.9. The molecule has 1 saturated heterocycles. The fourth-order valence-corrected chi connectivity index (χ4v) is 5.88. The van der Waals surface area contributed by atoms with Crippen LogP contribution in [-0.4, -0.2) is 48.9 Å². The van der Waals surface area contributed by atoms with Gasteiger partial charge in [0.1, 0.15) is 17.5 Å². The van der Waals surface area contributed by atoms with Crippen molar-refractivity contribution < 1.29 is 26.0 Å². The second-order valence-electron chi connectivity index (χ2n) is 8.74. The number of sulfonamides is 1. The van der Waals surface area contributed by atoms with Gasteiger partial charge in [-0.1, -0.05) is 18.2 Å². The molecule has 0 spiro atoms. The Kier molecular flexibility index (Phi) is 7.33. The summed E-state index contributed by atoms with van der Waals surface area (Å²) in [5, 5.41) is 0. The van der Waals surface area contributed by atoms with Crippen molar-refractivity contribution in [3.8, 4) is 0 Å². The van der Waals surface area contributed by atoms with Crippen molar-refractivity contribution in [3.05, 3.63) is 82.6 Å². The summed E-state index contributed by atoms with van der Waals surface area (Å²) in [4.78, 5) is 10.7. The topological polar surface area (TPSA) is 66.4 Å². The van der Waals surface area contributed by atoms with Crippen LogP contribution in [0.1, 0.15) is 34.6 Å². The molecule has 2 aromatic carbocycles. The van der Waals surface area contributed by atoms with E-state index in [4.69, 9.17) is 0 Å². The molecule has 3 aromatic rings. The van der Waals surface area contributed by atoms with Crippen LogP contribution in [0.3, 0.4) is 0 Å². The number of benzene rings is 2. The maximum atomic E-state index is 13.8. The number of anilines is 1. The Hall–Kier alpha value is -3.05. The van der Waals surface area contributed by atoms with Gasteiger partial charge in [0.05, 0.1) is 10.5 Å². The Morgan fingerprint density at radius 3 is 2.42 bits per heavy atom. The lowest BCUT2D eigenvalue weighted by Crippen LogP contribution is -2.36. The highest BCUT2D eigenvalue weighted by Crippen LogP contribution is 2.32. The second kappa shape index (κ2) is 10.1. The third kappa shape index (κ3) is 5.67. The minimum atomic E-state index is -4.64. The molecule has 2 heterocycles. The summed E-state index contributed by atoms with van der Waals surface area (Å²) < 4.78 is 80.8. The lowest BCUT2D eigenvalue weighted by atomic mass is 10.0. The van der Waals surface area contributed by atoms with E-state index in [1.165, 1.54) is 22.5 Å². The van der Waals surface area contributed by atoms with Crippen molar-refractivity contribution in [2.45, 2.75) is 37.8 Å². The first kappa shape index (κ1) is 26.0. The van der Waals surface area contributed by atoms with E-state index in [-0.39, 0.29) is 23.8 Å². The minimum Gasteiger partial charge on any atom is -0.355 e. The maximum absolute atomic E-state index is 13.8. The fourth-order valence-electron chi connectivity index (χ4n) is 4.37. The molecule has 4 rings (SSSR count). The van der Waals surface area contributed by atoms with Gasteiger partial charge in [-0.3, -0.25) is 0 Å². The SMILES string of the molecule is Cc1nc(C)c(Cc2cccc(F)c2)c(N2CCCN(S(=O)(=O)c3cccc(C(F)(F)F)c3)CC2)n1. The summed E-state index contributed by atoms with van der Waals surface area (Å²) in [6, 6.07) is 10.1. The lowest BCUT2D eigenvalue weighted by Gasteiger charge is -2.26. The van der Waals surface area contributed by atoms with E-state index in [0.29, 0.717) is 43.6 Å². The van der Waals surface area contributed by atoms with E-state index >= 15 is 0 Å². The van der Waals surface area contributed by atoms with Gasteiger partial charge in [-0.25, -0.2) is 22.8 Å². The highest BCUT2D eigenvalue weighted by molar-refractivity contribution is 7.89. The Labute approximate surface area is 207 Å². The molecule has 0 aliphatic carbocycles. The van der Waals surface area contributed by atoms with Crippen LogP contribution in [0.5, 0.6) is 0 Å². The molecule has 0 N–H and O–H groups in total. The Morgan fingerprint density at radius 1 is 0.944 bits per heavy atom. The zero-order chi connectivity index (χ0) is 26.1. The Morgan fingerprint density at radius 2 is 1.69 bits per heavy atom. The monoisotopic (exact) mass is 522 g/mol. The summed E-state index contributed by atoms with van der Waals surface area (Å²) in [7, 11) is -4.12. The largest absolute Gasteiger partial charge is 0.416 e. The van der Waals surface area contributed by atoms with Crippen LogP contribution in [0.4, 0.5) is 23.4 Å². The van der Waals surface area contributed by atoms with E-state index in [2.05, 4.69) is 9.97 Å². The van der Waals surface area contributed by atoms with Crippen molar-refractivity contribution in [2.24, 2.45) is 0 Å². The number of hydrogen-bond acceptors (Lipinski definition) is 5. The highest BCUT2D eigenvalue weighted by atomic mass is 32.2. The van der Waals surface area contributed by atoms with Crippen molar-refractivity contribution in [2.75, 3.05) is 31.1 Å². The number of rotatable bonds is 5. The average molecular weight is 523 g/mol. The Balaban J connectivity index is 1.60. The fraction of sp³-hybridized carbons (Fsp3) is 0.360. The number of alkyl halides is 3. The molecule has 0 saturated carbocycles. The van der Waals surface area contributed by atoms with E-state index in [9.17, 15) is 26.0 Å². The minimum absolute atomic E-state index is 0.0834. The van der Waals surface area contributed by atoms with Crippen LogP contribution >= 0.6 is 0 Å². The highest BCUT2D eigenvalue weighted by Gasteiger charge is 2.34. The first-order chi connectivity index (χ1) is 16.9. The number of nitrogens with zero attached hydrogens (tertiary/aromatic N) is 4. The molecular weight excluding hydrogens is 496 g/mol. The molecule has 1 fully saturated rings. The summed E-state index contributed by atoms with van der Waals surface area (Å²) in [6.45, 7) is 4.67. The molecular formula is C25H26F4N4O2S. The van der Waals surface area contributed by atoms with E-state index in [0.717, 1.165) is 29.0 Å². The van der Waals surface area contributed by atoms with Gasteiger partial charge in [-0.15, -0.1) is 0 Å². The first-order valence-electron chi connectivity index (χ1n) is 11.5. The molecule has 1 aliphatic rings. The van der Waals surface area contributed by atoms with Crippen LogP contribution < -0.4 is 4.90 Å². The van der Waals surface area contributed by atoms with Gasteiger partial charge in [0.2, 0.25) is 10.0 Å². The number of hydrogen-bond donors (Lipinski definition) is 0. The normalized spacial score (nSPS) is 15.7. The molecule has 0 bridgehead atoms. The van der Waals surface area contributed by atoms with E-state index in [1.807, 2.05) is 17.9 Å². The molecule has 0 radical (unpaired) electrons. The summed E-state index contributed by atoms with van der Waals surface area (Å²) >= 11 is 0. The van der Waals surface area contributed by atoms with Crippen LogP contribution in [0.15, 0.2) is 53.4 Å². The molecule has 11 heteroatoms. The summed E-state index contributed by atoms with van der Waals surface area (Å²) in [6.07, 6.45) is -3.77. The maximum Gasteiger partial charge on any atom is 0.416 e. The number of halogens is 4. The second-order valence-corrected chi connectivity index (χ2v) is 10.7. The summed E-state index contributed by atoms with van der Waals surface area (Å²) in [5.41, 5.74) is 1.32. The van der Waals surface area contributed by atoms with Crippen LogP contribution in [0.25, 0.3) is 0 Å². The van der Waals surface area contributed by atoms with Crippen molar-refractivity contribution >= 4 is 15.8 Å². The molecule has 0 amide bonds. The quantitative estimate of drug-likeness (QED) is 0.453. The molecule has 0 atom stereocenters. The standard InChI is InChI=1S/C25H26F4N4O2S/c1-17-23(15-19-6-3-8-21(26)14-19)24(31-18(2)30-17)32-10-5-11-33(13-12-32)36(34,35)22-9-4-7-20(16-22)25(27,28)29/h3-4,6-9,14,16H,5,10-13,15H2,1-2H3. The van der Waals surface area contributed by atoms with Crippen LogP contribution in [-0.2, 0) is 22.6 Å². The number of aryl methyl sites for hydroxylation is 2. The van der Waals surface area contributed by atoms with Gasteiger partial charge < -0.3 is 4.90 Å². The zero-order valence-corrected chi connectivity index (χ0v) is 20.7. The third-order valence-electron chi connectivity index (χ3n) is 6.13. The molecule has 1 aliphatic heterocycles. The number of aromatic nitrogens is 2. The molecule has 1 aromatic heterocycles. The molecule has 6 nitrogen and oxygen atoms in total. The van der Waals surface area contributed by atoms with E-state index in [1.54, 1.807) is 13.0 Å². The van der Waals surface area contributed by atoms with Crippen molar-refractivity contribution in [1.82, 2.24) is 14.3 Å². The van der Waals surface area contributed by atoms with Crippen molar-refractivity contribution in [3.63, 3.8) is 0 Å². The predicted octanol–water partition coefficient (Wildman–Crippen LogP) is 4.74. The first-order valence-corrected chi connectivity index (χ1v) is 12.9. The average Bonchev–Trinajstić information content (AvgIpc) is 3.07. The van der Waals surface area contributed by atoms with Crippen LogP contribution in [0, 0.1) is 19.7 Å². The van der Waals surface area contributed by atoms with Gasteiger partial charge in [0.25, 0.3) is 0 Å². The van der Waals surface area contributed by atoms with E-state index < -0.39 is 21.8 Å². The summed E-state index contributed by atoms with van der Waals surface area (Å²) in [5.74, 6) is 0.871. The van der Waals surface area contributed by atoms with Gasteiger partial charge in [0.15, 0.2) is 0 Å². The van der Waals surface area contributed by atoms with Gasteiger partial charge >= 0.3 is 6.18 Å². The predicted molar refractivity (Wildman–Crippen MR) is 128 cm³/mol. The lowest BCUT2D eigenvalue weighted by molar-refractivity contribution is -0.137. The molecule has 192 valence electrons. The van der Waals surface area contributed by atoms with Crippen molar-refractivity contribution in [1.29, 1.82) is 0 Å². The van der Waals surface area contributed by atoms with Gasteiger partial charge in [-0.2, -0.15) is 17.5 Å². The Bertz CT molecular complexity index is 1360. The molecule has 36 heavy (non-hydrogen) atoms. The third-order valence-corrected chi connectivity index (χ3v) is 8.02.